The summed E-state index contributed by atoms with van der Waals surface area (Å²) in [5, 5.41) is 6.17. The maximum atomic E-state index is 11.9. The average molecular weight is 228 g/mol. The summed E-state index contributed by atoms with van der Waals surface area (Å²) in [6.07, 6.45) is 1.10. The molecule has 0 bridgehead atoms. The lowest BCUT2D eigenvalue weighted by atomic mass is 9.84. The zero-order chi connectivity index (χ0) is 13.0. The van der Waals surface area contributed by atoms with Crippen LogP contribution in [0.25, 0.3) is 0 Å². The fraction of sp³-hybridized carbons (Fsp3) is 0.923. The Balaban J connectivity index is 4.65. The molecule has 0 aliphatic rings. The van der Waals surface area contributed by atoms with E-state index in [4.69, 9.17) is 0 Å². The second-order valence-electron chi connectivity index (χ2n) is 5.81. The molecule has 0 aromatic carbocycles. The first-order valence-electron chi connectivity index (χ1n) is 6.17. The number of likely N-dealkylation sites (N-methyl/N-ethyl adjacent to an activating group) is 1. The Morgan fingerprint density at radius 2 is 1.75 bits per heavy atom. The van der Waals surface area contributed by atoms with E-state index in [2.05, 4.69) is 45.3 Å². The molecule has 0 aliphatic carbocycles. The van der Waals surface area contributed by atoms with Crippen LogP contribution in [0.4, 0.5) is 0 Å². The average Bonchev–Trinajstić information content (AvgIpc) is 2.24. The molecule has 0 rings (SSSR count). The summed E-state index contributed by atoms with van der Waals surface area (Å²) in [7, 11) is 1.69. The van der Waals surface area contributed by atoms with Crippen LogP contribution in [-0.2, 0) is 4.79 Å². The molecule has 0 aliphatic heterocycles. The number of carbonyl (C=O) groups excluding carboxylic acids is 1. The van der Waals surface area contributed by atoms with Gasteiger partial charge in [0.15, 0.2) is 0 Å². The molecular formula is C13H28N2O. The predicted octanol–water partition coefficient (Wildman–Crippen LogP) is 2.17. The van der Waals surface area contributed by atoms with Crippen molar-refractivity contribution in [3.63, 3.8) is 0 Å². The smallest absolute Gasteiger partial charge is 0.240 e. The van der Waals surface area contributed by atoms with E-state index < -0.39 is 5.54 Å². The molecule has 0 saturated heterocycles. The molecule has 96 valence electrons. The summed E-state index contributed by atoms with van der Waals surface area (Å²) < 4.78 is 0. The molecule has 1 unspecified atom stereocenters. The van der Waals surface area contributed by atoms with Crippen LogP contribution in [0.5, 0.6) is 0 Å². The molecule has 0 heterocycles. The number of nitrogens with one attached hydrogen (secondary N) is 2. The molecule has 0 radical (unpaired) electrons. The highest BCUT2D eigenvalue weighted by atomic mass is 16.2. The predicted molar refractivity (Wildman–Crippen MR) is 69.4 cm³/mol. The fourth-order valence-electron chi connectivity index (χ4n) is 1.35. The van der Waals surface area contributed by atoms with E-state index >= 15 is 0 Å². The Bertz CT molecular complexity index is 236. The van der Waals surface area contributed by atoms with E-state index in [0.29, 0.717) is 0 Å². The monoisotopic (exact) mass is 228 g/mol. The molecule has 16 heavy (non-hydrogen) atoms. The van der Waals surface area contributed by atoms with Gasteiger partial charge in [-0.1, -0.05) is 34.6 Å². The van der Waals surface area contributed by atoms with Gasteiger partial charge in [-0.15, -0.1) is 0 Å². The van der Waals surface area contributed by atoms with Gasteiger partial charge in [0.2, 0.25) is 5.91 Å². The van der Waals surface area contributed by atoms with Gasteiger partial charge < -0.3 is 10.6 Å². The highest BCUT2D eigenvalue weighted by molar-refractivity contribution is 5.85. The number of rotatable bonds is 6. The third kappa shape index (κ3) is 3.78. The van der Waals surface area contributed by atoms with Gasteiger partial charge >= 0.3 is 0 Å². The van der Waals surface area contributed by atoms with E-state index in [-0.39, 0.29) is 17.2 Å². The summed E-state index contributed by atoms with van der Waals surface area (Å²) >= 11 is 0. The van der Waals surface area contributed by atoms with Crippen molar-refractivity contribution in [2.75, 3.05) is 13.6 Å². The Labute approximate surface area is 100 Å². The molecule has 3 nitrogen and oxygen atoms in total. The zero-order valence-corrected chi connectivity index (χ0v) is 11.9. The van der Waals surface area contributed by atoms with Crippen molar-refractivity contribution >= 4 is 5.91 Å². The van der Waals surface area contributed by atoms with Crippen LogP contribution in [-0.4, -0.2) is 25.0 Å². The van der Waals surface area contributed by atoms with Crippen LogP contribution in [0.3, 0.4) is 0 Å². The van der Waals surface area contributed by atoms with Crippen LogP contribution < -0.4 is 10.6 Å². The van der Waals surface area contributed by atoms with Gasteiger partial charge in [-0.3, -0.25) is 4.79 Å². The van der Waals surface area contributed by atoms with Crippen LogP contribution in [0, 0.1) is 11.3 Å². The highest BCUT2D eigenvalue weighted by Crippen LogP contribution is 2.22. The SMILES string of the molecule is CCC(C)(C)CNC(C)(C(=O)NC)C(C)C. The van der Waals surface area contributed by atoms with E-state index in [1.54, 1.807) is 7.05 Å². The maximum absolute atomic E-state index is 11.9. The van der Waals surface area contributed by atoms with E-state index in [0.717, 1.165) is 13.0 Å². The summed E-state index contributed by atoms with van der Waals surface area (Å²) in [6, 6.07) is 0. The quantitative estimate of drug-likeness (QED) is 0.731. The van der Waals surface area contributed by atoms with E-state index in [1.807, 2.05) is 6.92 Å². The second kappa shape index (κ2) is 5.67. The normalized spacial score (nSPS) is 16.0. The summed E-state index contributed by atoms with van der Waals surface area (Å²) in [5.74, 6) is 0.328. The maximum Gasteiger partial charge on any atom is 0.240 e. The van der Waals surface area contributed by atoms with Crippen molar-refractivity contribution in [2.24, 2.45) is 11.3 Å². The standard InChI is InChI=1S/C13H28N2O/c1-8-12(4,5)9-15-13(6,10(2)3)11(16)14-7/h10,15H,8-9H2,1-7H3,(H,14,16). The van der Waals surface area contributed by atoms with Crippen molar-refractivity contribution in [1.29, 1.82) is 0 Å². The molecule has 3 heteroatoms. The summed E-state index contributed by atoms with van der Waals surface area (Å²) in [4.78, 5) is 11.9. The first-order valence-corrected chi connectivity index (χ1v) is 6.17. The van der Waals surface area contributed by atoms with Crippen LogP contribution in [0.1, 0.15) is 48.0 Å². The molecule has 0 saturated carbocycles. The number of hydrogen-bond donors (Lipinski definition) is 2. The van der Waals surface area contributed by atoms with Crippen molar-refractivity contribution in [1.82, 2.24) is 10.6 Å². The number of amides is 1. The van der Waals surface area contributed by atoms with E-state index in [9.17, 15) is 4.79 Å². The zero-order valence-electron chi connectivity index (χ0n) is 11.9. The summed E-state index contributed by atoms with van der Waals surface area (Å²) in [6.45, 7) is 13.6. The van der Waals surface area contributed by atoms with Gasteiger partial charge in [-0.05, 0) is 24.7 Å². The lowest BCUT2D eigenvalue weighted by molar-refractivity contribution is -0.128. The first-order chi connectivity index (χ1) is 7.19. The van der Waals surface area contributed by atoms with Gasteiger partial charge in [0.25, 0.3) is 0 Å². The largest absolute Gasteiger partial charge is 0.358 e. The van der Waals surface area contributed by atoms with Gasteiger partial charge in [-0.25, -0.2) is 0 Å². The molecule has 1 atom stereocenters. The molecular weight excluding hydrogens is 200 g/mol. The third-order valence-corrected chi connectivity index (χ3v) is 3.74. The van der Waals surface area contributed by atoms with Crippen molar-refractivity contribution in [3.05, 3.63) is 0 Å². The Kier molecular flexibility index (Phi) is 5.47. The molecule has 0 fully saturated rings. The highest BCUT2D eigenvalue weighted by Gasteiger charge is 2.36. The van der Waals surface area contributed by atoms with Gasteiger partial charge in [0.05, 0.1) is 5.54 Å². The number of carbonyl (C=O) groups is 1. The second-order valence-corrected chi connectivity index (χ2v) is 5.81. The number of hydrogen-bond acceptors (Lipinski definition) is 2. The van der Waals surface area contributed by atoms with Crippen molar-refractivity contribution in [3.8, 4) is 0 Å². The van der Waals surface area contributed by atoms with Gasteiger partial charge in [-0.2, -0.15) is 0 Å². The molecule has 0 spiro atoms. The van der Waals surface area contributed by atoms with Crippen molar-refractivity contribution in [2.45, 2.75) is 53.5 Å². The molecule has 0 aromatic rings. The lowest BCUT2D eigenvalue weighted by Crippen LogP contribution is -2.59. The fourth-order valence-corrected chi connectivity index (χ4v) is 1.35. The molecule has 0 aromatic heterocycles. The van der Waals surface area contributed by atoms with Gasteiger partial charge in [0, 0.05) is 13.6 Å². The van der Waals surface area contributed by atoms with Crippen LogP contribution >= 0.6 is 0 Å². The minimum atomic E-state index is -0.485. The lowest BCUT2D eigenvalue weighted by Gasteiger charge is -2.36. The summed E-state index contributed by atoms with van der Waals surface area (Å²) in [5.41, 5.74) is -0.259. The minimum Gasteiger partial charge on any atom is -0.358 e. The minimum absolute atomic E-state index is 0.0643. The molecule has 1 amide bonds. The third-order valence-electron chi connectivity index (χ3n) is 3.74. The van der Waals surface area contributed by atoms with Crippen LogP contribution in [0.2, 0.25) is 0 Å². The van der Waals surface area contributed by atoms with Crippen molar-refractivity contribution < 1.29 is 4.79 Å². The molecule has 2 N–H and O–H groups in total. The Hall–Kier alpha value is -0.570. The topological polar surface area (TPSA) is 41.1 Å². The first kappa shape index (κ1) is 15.4. The van der Waals surface area contributed by atoms with Crippen LogP contribution in [0.15, 0.2) is 0 Å². The Morgan fingerprint density at radius 1 is 1.25 bits per heavy atom. The Morgan fingerprint density at radius 3 is 2.06 bits per heavy atom. The van der Waals surface area contributed by atoms with E-state index in [1.165, 1.54) is 0 Å². The van der Waals surface area contributed by atoms with Gasteiger partial charge in [0.1, 0.15) is 0 Å².